The van der Waals surface area contributed by atoms with E-state index in [0.29, 0.717) is 0 Å². The number of aryl methyl sites for hydroxylation is 1. The first-order valence-electron chi connectivity index (χ1n) is 13.0. The third-order valence-corrected chi connectivity index (χ3v) is 7.48. The summed E-state index contributed by atoms with van der Waals surface area (Å²) in [6.07, 6.45) is 8.95. The minimum absolute atomic E-state index is 0.497. The van der Waals surface area contributed by atoms with E-state index >= 15 is 0 Å². The van der Waals surface area contributed by atoms with Gasteiger partial charge in [-0.3, -0.25) is 4.98 Å². The Hall–Kier alpha value is -2.50. The molecule has 0 spiro atoms. The third kappa shape index (κ3) is 5.94. The van der Waals surface area contributed by atoms with Crippen molar-refractivity contribution in [2.24, 2.45) is 0 Å². The molecule has 34 heavy (non-hydrogen) atoms. The van der Waals surface area contributed by atoms with Crippen LogP contribution in [0.5, 0.6) is 0 Å². The average molecular weight is 461 g/mol. The van der Waals surface area contributed by atoms with Crippen LogP contribution in [0, 0.1) is 0 Å². The molecule has 4 rings (SSSR count). The molecule has 0 amide bonds. The van der Waals surface area contributed by atoms with Crippen molar-refractivity contribution < 1.29 is 5.11 Å². The van der Waals surface area contributed by atoms with E-state index in [4.69, 9.17) is 9.97 Å². The molecular weight excluding hydrogens is 420 g/mol. The molecule has 5 nitrogen and oxygen atoms in total. The number of benzene rings is 1. The average Bonchev–Trinajstić information content (AvgIpc) is 2.88. The second kappa shape index (κ2) is 11.3. The lowest BCUT2D eigenvalue weighted by atomic mass is 9.81. The Morgan fingerprint density at radius 2 is 1.74 bits per heavy atom. The predicted octanol–water partition coefficient (Wildman–Crippen LogP) is 5.70. The third-order valence-electron chi connectivity index (χ3n) is 7.48. The van der Waals surface area contributed by atoms with Gasteiger partial charge < -0.3 is 14.9 Å². The molecule has 1 aliphatic carbocycles. The Morgan fingerprint density at radius 3 is 2.44 bits per heavy atom. The summed E-state index contributed by atoms with van der Waals surface area (Å²) < 4.78 is 0. The van der Waals surface area contributed by atoms with Gasteiger partial charge in [-0.25, -0.2) is 4.98 Å². The molecule has 0 atom stereocenters. The van der Waals surface area contributed by atoms with Crippen molar-refractivity contribution in [3.8, 4) is 11.3 Å². The van der Waals surface area contributed by atoms with Crippen LogP contribution in [0.3, 0.4) is 0 Å². The van der Waals surface area contributed by atoms with E-state index in [9.17, 15) is 5.11 Å². The molecule has 0 unspecified atom stereocenters. The zero-order chi connectivity index (χ0) is 24.0. The van der Waals surface area contributed by atoms with Crippen molar-refractivity contribution in [2.75, 3.05) is 38.1 Å². The van der Waals surface area contributed by atoms with E-state index in [1.807, 2.05) is 6.20 Å². The first kappa shape index (κ1) is 24.6. The van der Waals surface area contributed by atoms with Gasteiger partial charge in [-0.2, -0.15) is 0 Å². The fourth-order valence-corrected chi connectivity index (χ4v) is 5.10. The van der Waals surface area contributed by atoms with Gasteiger partial charge in [-0.05, 0) is 62.4 Å². The predicted molar refractivity (Wildman–Crippen MR) is 142 cm³/mol. The summed E-state index contributed by atoms with van der Waals surface area (Å²) in [5.41, 5.74) is 2.53. The van der Waals surface area contributed by atoms with E-state index in [1.165, 1.54) is 17.2 Å². The number of fused-ring (bicyclic) bond motifs is 1. The molecule has 1 aliphatic rings. The van der Waals surface area contributed by atoms with Gasteiger partial charge in [0.05, 0.1) is 11.3 Å². The SMILES string of the molecule is CCN(CC)CCN(C)c1nc(-c2ccc(CCC3(O)CCCCC3)nc2)cc2ccccc12. The molecule has 0 bridgehead atoms. The van der Waals surface area contributed by atoms with Gasteiger partial charge in [0.2, 0.25) is 0 Å². The summed E-state index contributed by atoms with van der Waals surface area (Å²) in [4.78, 5) is 14.5. The number of pyridine rings is 2. The van der Waals surface area contributed by atoms with Crippen molar-refractivity contribution >= 4 is 16.6 Å². The number of rotatable bonds is 10. The van der Waals surface area contributed by atoms with E-state index in [0.717, 1.165) is 87.5 Å². The number of nitrogens with zero attached hydrogens (tertiary/aromatic N) is 4. The minimum atomic E-state index is -0.497. The lowest BCUT2D eigenvalue weighted by Crippen LogP contribution is -2.33. The Labute approximate surface area is 204 Å². The minimum Gasteiger partial charge on any atom is -0.390 e. The van der Waals surface area contributed by atoms with Crippen LogP contribution in [0.25, 0.3) is 22.0 Å². The monoisotopic (exact) mass is 460 g/mol. The largest absolute Gasteiger partial charge is 0.390 e. The zero-order valence-electron chi connectivity index (χ0n) is 21.1. The first-order valence-corrected chi connectivity index (χ1v) is 13.0. The van der Waals surface area contributed by atoms with Crippen molar-refractivity contribution in [3.05, 3.63) is 54.4 Å². The highest BCUT2D eigenvalue weighted by atomic mass is 16.3. The van der Waals surface area contributed by atoms with Crippen LogP contribution in [-0.4, -0.2) is 58.8 Å². The zero-order valence-corrected chi connectivity index (χ0v) is 21.1. The number of anilines is 1. The summed E-state index contributed by atoms with van der Waals surface area (Å²) in [7, 11) is 2.14. The summed E-state index contributed by atoms with van der Waals surface area (Å²) in [6, 6.07) is 14.9. The van der Waals surface area contributed by atoms with Gasteiger partial charge >= 0.3 is 0 Å². The molecule has 1 N–H and O–H groups in total. The van der Waals surface area contributed by atoms with E-state index in [1.54, 1.807) is 0 Å². The van der Waals surface area contributed by atoms with E-state index < -0.39 is 5.60 Å². The lowest BCUT2D eigenvalue weighted by molar-refractivity contribution is -0.00361. The lowest BCUT2D eigenvalue weighted by Gasteiger charge is -2.32. The van der Waals surface area contributed by atoms with E-state index in [-0.39, 0.29) is 0 Å². The molecule has 3 aromatic rings. The Morgan fingerprint density at radius 1 is 0.971 bits per heavy atom. The van der Waals surface area contributed by atoms with Gasteiger partial charge in [0.15, 0.2) is 0 Å². The molecule has 2 aromatic heterocycles. The van der Waals surface area contributed by atoms with Gasteiger partial charge in [0.25, 0.3) is 0 Å². The van der Waals surface area contributed by atoms with Gasteiger partial charge in [-0.1, -0.05) is 57.4 Å². The van der Waals surface area contributed by atoms with Crippen molar-refractivity contribution in [3.63, 3.8) is 0 Å². The van der Waals surface area contributed by atoms with Crippen molar-refractivity contribution in [2.45, 2.75) is 64.4 Å². The van der Waals surface area contributed by atoms with Gasteiger partial charge in [0, 0.05) is 43.0 Å². The molecule has 0 saturated heterocycles. The Bertz CT molecular complexity index is 1060. The summed E-state index contributed by atoms with van der Waals surface area (Å²) in [5.74, 6) is 1.02. The van der Waals surface area contributed by atoms with Crippen LogP contribution in [0.15, 0.2) is 48.7 Å². The maximum atomic E-state index is 10.8. The highest BCUT2D eigenvalue weighted by molar-refractivity contribution is 5.94. The molecule has 182 valence electrons. The number of likely N-dealkylation sites (N-methyl/N-ethyl adjacent to an activating group) is 2. The highest BCUT2D eigenvalue weighted by Crippen LogP contribution is 2.32. The Balaban J connectivity index is 1.53. The molecule has 0 radical (unpaired) electrons. The number of aromatic nitrogens is 2. The maximum Gasteiger partial charge on any atom is 0.136 e. The van der Waals surface area contributed by atoms with Crippen LogP contribution >= 0.6 is 0 Å². The van der Waals surface area contributed by atoms with Crippen molar-refractivity contribution in [1.82, 2.24) is 14.9 Å². The molecule has 0 aliphatic heterocycles. The Kier molecular flexibility index (Phi) is 8.17. The molecule has 2 heterocycles. The smallest absolute Gasteiger partial charge is 0.136 e. The molecular formula is C29H40N4O. The highest BCUT2D eigenvalue weighted by Gasteiger charge is 2.28. The fourth-order valence-electron chi connectivity index (χ4n) is 5.10. The second-order valence-corrected chi connectivity index (χ2v) is 9.82. The quantitative estimate of drug-likeness (QED) is 0.420. The fraction of sp³-hybridized carbons (Fsp3) is 0.517. The van der Waals surface area contributed by atoms with Gasteiger partial charge in [0.1, 0.15) is 5.82 Å². The van der Waals surface area contributed by atoms with Crippen molar-refractivity contribution in [1.29, 1.82) is 0 Å². The molecule has 1 aromatic carbocycles. The first-order chi connectivity index (χ1) is 16.5. The van der Waals surface area contributed by atoms with Crippen LogP contribution in [0.1, 0.15) is 58.1 Å². The van der Waals surface area contributed by atoms with Crippen LogP contribution in [-0.2, 0) is 6.42 Å². The summed E-state index contributed by atoms with van der Waals surface area (Å²) in [5, 5.41) is 13.2. The summed E-state index contributed by atoms with van der Waals surface area (Å²) in [6.45, 7) is 8.50. The van der Waals surface area contributed by atoms with E-state index in [2.05, 4.69) is 73.2 Å². The molecule has 5 heteroatoms. The van der Waals surface area contributed by atoms with Gasteiger partial charge in [-0.15, -0.1) is 0 Å². The summed E-state index contributed by atoms with van der Waals surface area (Å²) >= 11 is 0. The second-order valence-electron chi connectivity index (χ2n) is 9.82. The van der Waals surface area contributed by atoms with Crippen LogP contribution in [0.2, 0.25) is 0 Å². The topological polar surface area (TPSA) is 52.5 Å². The molecule has 1 fully saturated rings. The standard InChI is InChI=1S/C29H40N4O/c1-4-33(5-2)20-19-32(3)28-26-12-8-7-11-23(26)21-27(31-28)24-13-14-25(30-22-24)15-18-29(34)16-9-6-10-17-29/h7-8,11-14,21-22,34H,4-6,9-10,15-20H2,1-3H3. The number of hydrogen-bond acceptors (Lipinski definition) is 5. The molecule has 1 saturated carbocycles. The van der Waals surface area contributed by atoms with Crippen LogP contribution in [0.4, 0.5) is 5.82 Å². The maximum absolute atomic E-state index is 10.8. The number of aliphatic hydroxyl groups is 1. The normalized spacial score (nSPS) is 15.7. The number of hydrogen-bond donors (Lipinski definition) is 1. The van der Waals surface area contributed by atoms with Crippen LogP contribution < -0.4 is 4.90 Å².